The van der Waals surface area contributed by atoms with Gasteiger partial charge in [0, 0.05) is 18.8 Å². The van der Waals surface area contributed by atoms with Crippen molar-refractivity contribution in [2.45, 2.75) is 13.8 Å². The monoisotopic (exact) mass is 302 g/mol. The molecule has 0 bridgehead atoms. The highest BCUT2D eigenvalue weighted by atomic mass is 16.5. The van der Waals surface area contributed by atoms with Gasteiger partial charge in [-0.15, -0.1) is 0 Å². The van der Waals surface area contributed by atoms with E-state index in [4.69, 9.17) is 10.5 Å². The Balaban J connectivity index is 2.70. The van der Waals surface area contributed by atoms with E-state index in [0.717, 1.165) is 17.6 Å². The van der Waals surface area contributed by atoms with Gasteiger partial charge in [-0.05, 0) is 42.7 Å². The van der Waals surface area contributed by atoms with E-state index in [1.165, 1.54) is 6.20 Å². The first-order valence-electron chi connectivity index (χ1n) is 7.02. The first kappa shape index (κ1) is 17.5. The van der Waals surface area contributed by atoms with E-state index in [1.54, 1.807) is 25.3 Å². The number of primary amides is 1. The summed E-state index contributed by atoms with van der Waals surface area (Å²) in [6, 6.07) is 0. The third-order valence-corrected chi connectivity index (χ3v) is 2.99. The molecule has 5 heteroatoms. The Morgan fingerprint density at radius 2 is 2.18 bits per heavy atom. The van der Waals surface area contributed by atoms with Crippen molar-refractivity contribution in [2.75, 3.05) is 13.7 Å². The van der Waals surface area contributed by atoms with Crippen molar-refractivity contribution in [1.29, 1.82) is 0 Å². The third-order valence-electron chi connectivity index (χ3n) is 2.99. The number of hydrogen-bond acceptors (Lipinski definition) is 4. The predicted octanol–water partition coefficient (Wildman–Crippen LogP) is 1.75. The van der Waals surface area contributed by atoms with Crippen molar-refractivity contribution in [2.24, 2.45) is 11.7 Å². The largest absolute Gasteiger partial charge is 0.490 e. The summed E-state index contributed by atoms with van der Waals surface area (Å²) in [5.41, 5.74) is 7.13. The number of carbonyl (C=O) groups is 2. The van der Waals surface area contributed by atoms with E-state index in [0.29, 0.717) is 17.8 Å². The fourth-order valence-electron chi connectivity index (χ4n) is 2.00. The van der Waals surface area contributed by atoms with E-state index < -0.39 is 5.91 Å². The van der Waals surface area contributed by atoms with E-state index in [9.17, 15) is 9.59 Å². The fraction of sp³-hybridized carbons (Fsp3) is 0.294. The van der Waals surface area contributed by atoms with Crippen LogP contribution in [0.15, 0.2) is 59.1 Å². The quantitative estimate of drug-likeness (QED) is 0.426. The SMILES string of the molecule is CN/C=C(\C=C/COC1=CC(C)C=C(C=O)C=C1C)C(N)=O. The molecule has 0 saturated heterocycles. The standard InChI is InChI=1S/C17H22N2O3/c1-12-7-14(11-20)9-13(2)16(8-12)22-6-4-5-15(10-19-3)17(18)21/h4-5,7-12,19H,6H2,1-3H3,(H2,18,21)/b5-4-,15-10+. The van der Waals surface area contributed by atoms with Crippen LogP contribution in [0.2, 0.25) is 0 Å². The maximum atomic E-state index is 11.2. The Kier molecular flexibility index (Phi) is 6.89. The summed E-state index contributed by atoms with van der Waals surface area (Å²) in [5, 5.41) is 2.76. The predicted molar refractivity (Wildman–Crippen MR) is 86.6 cm³/mol. The fourth-order valence-corrected chi connectivity index (χ4v) is 2.00. The lowest BCUT2D eigenvalue weighted by atomic mass is 10.1. The molecule has 1 aliphatic rings. The normalized spacial score (nSPS) is 19.0. The second-order valence-corrected chi connectivity index (χ2v) is 4.97. The molecule has 1 amide bonds. The van der Waals surface area contributed by atoms with E-state index in [-0.39, 0.29) is 5.92 Å². The highest BCUT2D eigenvalue weighted by Crippen LogP contribution is 2.21. The number of nitrogens with one attached hydrogen (secondary N) is 1. The molecule has 22 heavy (non-hydrogen) atoms. The van der Waals surface area contributed by atoms with Gasteiger partial charge in [-0.25, -0.2) is 0 Å². The zero-order valence-electron chi connectivity index (χ0n) is 13.1. The van der Waals surface area contributed by atoms with Crippen LogP contribution in [0.4, 0.5) is 0 Å². The number of allylic oxidation sites excluding steroid dienone is 5. The van der Waals surface area contributed by atoms with Gasteiger partial charge < -0.3 is 15.8 Å². The zero-order chi connectivity index (χ0) is 16.5. The molecule has 0 aliphatic heterocycles. The van der Waals surface area contributed by atoms with Gasteiger partial charge in [0.2, 0.25) is 5.91 Å². The van der Waals surface area contributed by atoms with Gasteiger partial charge in [-0.2, -0.15) is 0 Å². The molecule has 3 N–H and O–H groups in total. The van der Waals surface area contributed by atoms with Crippen molar-refractivity contribution < 1.29 is 14.3 Å². The van der Waals surface area contributed by atoms with E-state index in [2.05, 4.69) is 5.32 Å². The number of rotatable bonds is 7. The minimum atomic E-state index is -0.510. The molecule has 118 valence electrons. The Hall–Kier alpha value is -2.56. The van der Waals surface area contributed by atoms with Crippen molar-refractivity contribution in [3.8, 4) is 0 Å². The molecule has 1 rings (SSSR count). The topological polar surface area (TPSA) is 81.4 Å². The zero-order valence-corrected chi connectivity index (χ0v) is 13.1. The van der Waals surface area contributed by atoms with Gasteiger partial charge >= 0.3 is 0 Å². The molecule has 1 unspecified atom stereocenters. The van der Waals surface area contributed by atoms with E-state index in [1.807, 2.05) is 26.0 Å². The maximum Gasteiger partial charge on any atom is 0.250 e. The Morgan fingerprint density at radius 3 is 2.77 bits per heavy atom. The van der Waals surface area contributed by atoms with Gasteiger partial charge in [-0.1, -0.05) is 13.0 Å². The van der Waals surface area contributed by atoms with Crippen LogP contribution >= 0.6 is 0 Å². The number of carbonyl (C=O) groups excluding carboxylic acids is 2. The summed E-state index contributed by atoms with van der Waals surface area (Å²) in [6.07, 6.45) is 11.3. The highest BCUT2D eigenvalue weighted by molar-refractivity contribution is 5.94. The van der Waals surface area contributed by atoms with Gasteiger partial charge in [0.25, 0.3) is 0 Å². The van der Waals surface area contributed by atoms with Crippen LogP contribution in [0.5, 0.6) is 0 Å². The Labute approximate surface area is 130 Å². The van der Waals surface area contributed by atoms with Gasteiger partial charge in [-0.3, -0.25) is 9.59 Å². The number of hydrogen-bond donors (Lipinski definition) is 2. The third kappa shape index (κ3) is 5.44. The van der Waals surface area contributed by atoms with Crippen LogP contribution in [-0.4, -0.2) is 25.8 Å². The van der Waals surface area contributed by atoms with Crippen LogP contribution in [0, 0.1) is 5.92 Å². The molecule has 1 aliphatic carbocycles. The molecule has 0 aromatic rings. The van der Waals surface area contributed by atoms with Crippen LogP contribution in [0.3, 0.4) is 0 Å². The van der Waals surface area contributed by atoms with Crippen molar-refractivity contribution >= 4 is 12.2 Å². The summed E-state index contributed by atoms with van der Waals surface area (Å²) in [4.78, 5) is 22.1. The summed E-state index contributed by atoms with van der Waals surface area (Å²) in [6.45, 7) is 4.17. The molecular weight excluding hydrogens is 280 g/mol. The van der Waals surface area contributed by atoms with Gasteiger partial charge in [0.1, 0.15) is 18.7 Å². The molecule has 0 aromatic heterocycles. The second-order valence-electron chi connectivity index (χ2n) is 4.97. The Morgan fingerprint density at radius 1 is 1.45 bits per heavy atom. The van der Waals surface area contributed by atoms with Crippen LogP contribution in [0.1, 0.15) is 13.8 Å². The first-order valence-corrected chi connectivity index (χ1v) is 7.02. The van der Waals surface area contributed by atoms with Gasteiger partial charge in [0.05, 0.1) is 5.57 Å². The molecule has 0 fully saturated rings. The van der Waals surface area contributed by atoms with Crippen LogP contribution in [0.25, 0.3) is 0 Å². The maximum absolute atomic E-state index is 11.2. The second kappa shape index (κ2) is 8.67. The van der Waals surface area contributed by atoms with Crippen molar-refractivity contribution in [1.82, 2.24) is 5.32 Å². The first-order chi connectivity index (χ1) is 10.5. The molecule has 1 atom stereocenters. The lowest BCUT2D eigenvalue weighted by molar-refractivity contribution is -0.114. The average Bonchev–Trinajstić information content (AvgIpc) is 2.60. The molecule has 0 heterocycles. The molecular formula is C17H22N2O3. The van der Waals surface area contributed by atoms with Gasteiger partial charge in [0.15, 0.2) is 0 Å². The number of amides is 1. The van der Waals surface area contributed by atoms with Crippen molar-refractivity contribution in [3.63, 3.8) is 0 Å². The molecule has 0 spiro atoms. The summed E-state index contributed by atoms with van der Waals surface area (Å²) in [5.74, 6) is 0.325. The number of aldehydes is 1. The summed E-state index contributed by atoms with van der Waals surface area (Å²) >= 11 is 0. The average molecular weight is 302 g/mol. The number of ether oxygens (including phenoxy) is 1. The highest BCUT2D eigenvalue weighted by Gasteiger charge is 2.09. The smallest absolute Gasteiger partial charge is 0.250 e. The van der Waals surface area contributed by atoms with Crippen molar-refractivity contribution in [3.05, 3.63) is 59.1 Å². The lowest BCUT2D eigenvalue weighted by Crippen LogP contribution is -2.14. The van der Waals surface area contributed by atoms with E-state index >= 15 is 0 Å². The van der Waals surface area contributed by atoms with Crippen LogP contribution in [-0.2, 0) is 14.3 Å². The summed E-state index contributed by atoms with van der Waals surface area (Å²) in [7, 11) is 1.69. The Bertz CT molecular complexity index is 581. The molecule has 0 radical (unpaired) electrons. The molecule has 0 saturated carbocycles. The van der Waals surface area contributed by atoms with Crippen LogP contribution < -0.4 is 11.1 Å². The summed E-state index contributed by atoms with van der Waals surface area (Å²) < 4.78 is 5.70. The molecule has 0 aromatic carbocycles. The number of nitrogens with two attached hydrogens (primary N) is 1. The lowest BCUT2D eigenvalue weighted by Gasteiger charge is -2.09. The minimum absolute atomic E-state index is 0.109. The minimum Gasteiger partial charge on any atom is -0.490 e. The molecule has 5 nitrogen and oxygen atoms in total.